The van der Waals surface area contributed by atoms with Gasteiger partial charge in [-0.2, -0.15) is 0 Å². The lowest BCUT2D eigenvalue weighted by atomic mass is 10.1. The summed E-state index contributed by atoms with van der Waals surface area (Å²) < 4.78 is 10.9. The van der Waals surface area contributed by atoms with Crippen LogP contribution in [-0.4, -0.2) is 25.6 Å². The van der Waals surface area contributed by atoms with Gasteiger partial charge in [0.25, 0.3) is 0 Å². The molecule has 0 atom stereocenters. The van der Waals surface area contributed by atoms with Gasteiger partial charge in [0.15, 0.2) is 0 Å². The fourth-order valence-corrected chi connectivity index (χ4v) is 4.18. The van der Waals surface area contributed by atoms with Crippen molar-refractivity contribution < 1.29 is 13.9 Å². The molecule has 0 saturated heterocycles. The molecule has 2 aromatic heterocycles. The lowest BCUT2D eigenvalue weighted by molar-refractivity contribution is 0.0526. The van der Waals surface area contributed by atoms with E-state index in [9.17, 15) is 4.79 Å². The quantitative estimate of drug-likeness (QED) is 0.621. The SMILES string of the molecule is CCOC(=O)c1ccnc(-c2ccoc2[Si](C)(C)C(C)(C)C)c1. The highest BCUT2D eigenvalue weighted by atomic mass is 28.3. The Morgan fingerprint density at radius 1 is 1.30 bits per heavy atom. The Kier molecular flexibility index (Phi) is 4.80. The minimum Gasteiger partial charge on any atom is -0.474 e. The summed E-state index contributed by atoms with van der Waals surface area (Å²) in [5, 5.41) is 1.16. The lowest BCUT2D eigenvalue weighted by Crippen LogP contribution is -2.49. The van der Waals surface area contributed by atoms with Crippen LogP contribution < -0.4 is 5.38 Å². The summed E-state index contributed by atoms with van der Waals surface area (Å²) in [5.74, 6) is -0.325. The zero-order valence-corrected chi connectivity index (χ0v) is 15.8. The van der Waals surface area contributed by atoms with Crippen LogP contribution in [0.1, 0.15) is 38.1 Å². The fraction of sp³-hybridized carbons (Fsp3) is 0.444. The summed E-state index contributed by atoms with van der Waals surface area (Å²) >= 11 is 0. The van der Waals surface area contributed by atoms with E-state index in [4.69, 9.17) is 9.15 Å². The minimum atomic E-state index is -1.84. The molecule has 0 spiro atoms. The summed E-state index contributed by atoms with van der Waals surface area (Å²) in [6, 6.07) is 5.39. The van der Waals surface area contributed by atoms with Gasteiger partial charge in [0.05, 0.1) is 29.5 Å². The number of hydrogen-bond donors (Lipinski definition) is 0. The van der Waals surface area contributed by atoms with Crippen LogP contribution in [0.25, 0.3) is 11.3 Å². The van der Waals surface area contributed by atoms with Crippen LogP contribution >= 0.6 is 0 Å². The maximum atomic E-state index is 11.9. The molecular weight excluding hydrogens is 306 g/mol. The summed E-state index contributed by atoms with van der Waals surface area (Å²) in [5.41, 5.74) is 2.24. The first-order valence-corrected chi connectivity index (χ1v) is 10.9. The molecule has 23 heavy (non-hydrogen) atoms. The van der Waals surface area contributed by atoms with Crippen LogP contribution in [-0.2, 0) is 4.74 Å². The average Bonchev–Trinajstić information content (AvgIpc) is 2.96. The van der Waals surface area contributed by atoms with Crippen molar-refractivity contribution in [3.05, 3.63) is 36.2 Å². The zero-order valence-electron chi connectivity index (χ0n) is 14.8. The Hall–Kier alpha value is -1.88. The van der Waals surface area contributed by atoms with Crippen LogP contribution in [0.5, 0.6) is 0 Å². The van der Waals surface area contributed by atoms with Gasteiger partial charge in [0, 0.05) is 11.8 Å². The highest BCUT2D eigenvalue weighted by Gasteiger charge is 2.41. The molecule has 4 nitrogen and oxygen atoms in total. The molecule has 5 heteroatoms. The Labute approximate surface area is 138 Å². The number of ether oxygens (including phenoxy) is 1. The second-order valence-electron chi connectivity index (χ2n) is 7.19. The first-order valence-electron chi connectivity index (χ1n) is 7.90. The highest BCUT2D eigenvalue weighted by Crippen LogP contribution is 2.37. The third-order valence-electron chi connectivity index (χ3n) is 4.65. The van der Waals surface area contributed by atoms with Crippen molar-refractivity contribution in [2.45, 2.75) is 45.8 Å². The number of furan rings is 1. The summed E-state index contributed by atoms with van der Waals surface area (Å²) in [4.78, 5) is 16.4. The van der Waals surface area contributed by atoms with Gasteiger partial charge in [-0.05, 0) is 30.2 Å². The number of hydrogen-bond acceptors (Lipinski definition) is 4. The Balaban J connectivity index is 2.48. The lowest BCUT2D eigenvalue weighted by Gasteiger charge is -2.35. The standard InChI is InChI=1S/C18H25NO3Si/c1-7-21-16(20)13-8-10-19-15(12-13)14-9-11-22-17(14)23(5,6)18(2,3)4/h8-12H,7H2,1-6H3. The molecule has 124 valence electrons. The maximum absolute atomic E-state index is 11.9. The third kappa shape index (κ3) is 3.39. The van der Waals surface area contributed by atoms with Crippen molar-refractivity contribution in [2.24, 2.45) is 0 Å². The molecule has 2 heterocycles. The molecule has 0 aliphatic rings. The van der Waals surface area contributed by atoms with Crippen LogP contribution in [0.3, 0.4) is 0 Å². The second kappa shape index (κ2) is 6.32. The minimum absolute atomic E-state index is 0.151. The van der Waals surface area contributed by atoms with Gasteiger partial charge < -0.3 is 9.15 Å². The number of nitrogens with zero attached hydrogens (tertiary/aromatic N) is 1. The Morgan fingerprint density at radius 3 is 2.61 bits per heavy atom. The Bertz CT molecular complexity index is 698. The number of esters is 1. The van der Waals surface area contributed by atoms with Crippen molar-refractivity contribution in [2.75, 3.05) is 6.61 Å². The largest absolute Gasteiger partial charge is 0.474 e. The fourth-order valence-electron chi connectivity index (χ4n) is 2.25. The monoisotopic (exact) mass is 331 g/mol. The molecule has 0 radical (unpaired) electrons. The van der Waals surface area contributed by atoms with Gasteiger partial charge in [0.1, 0.15) is 8.07 Å². The molecule has 0 aliphatic carbocycles. The Morgan fingerprint density at radius 2 is 2.00 bits per heavy atom. The number of carbonyl (C=O) groups excluding carboxylic acids is 1. The van der Waals surface area contributed by atoms with Crippen LogP contribution in [0.2, 0.25) is 18.1 Å². The molecule has 0 fully saturated rings. The molecule has 0 unspecified atom stereocenters. The van der Waals surface area contributed by atoms with E-state index < -0.39 is 8.07 Å². The van der Waals surface area contributed by atoms with E-state index >= 15 is 0 Å². The van der Waals surface area contributed by atoms with Gasteiger partial charge in [0.2, 0.25) is 0 Å². The average molecular weight is 331 g/mol. The molecule has 0 saturated carbocycles. The van der Waals surface area contributed by atoms with E-state index in [2.05, 4.69) is 38.8 Å². The normalized spacial score (nSPS) is 12.3. The molecule has 2 rings (SSSR count). The predicted octanol–water partition coefficient (Wildman–Crippen LogP) is 4.23. The number of carbonyl (C=O) groups is 1. The summed E-state index contributed by atoms with van der Waals surface area (Å²) in [6.45, 7) is 13.5. The zero-order chi connectivity index (χ0) is 17.3. The second-order valence-corrected chi connectivity index (χ2v) is 12.4. The molecular formula is C18H25NO3Si. The molecule has 0 aromatic carbocycles. The first kappa shape index (κ1) is 17.5. The van der Waals surface area contributed by atoms with E-state index in [1.807, 2.05) is 6.07 Å². The maximum Gasteiger partial charge on any atom is 0.338 e. The van der Waals surface area contributed by atoms with Crippen LogP contribution in [0, 0.1) is 0 Å². The molecule has 0 aliphatic heterocycles. The van der Waals surface area contributed by atoms with Crippen molar-refractivity contribution in [3.63, 3.8) is 0 Å². The van der Waals surface area contributed by atoms with E-state index in [1.54, 1.807) is 31.5 Å². The van der Waals surface area contributed by atoms with Crippen LogP contribution in [0.4, 0.5) is 0 Å². The topological polar surface area (TPSA) is 52.3 Å². The molecule has 0 amide bonds. The first-order chi connectivity index (χ1) is 10.7. The van der Waals surface area contributed by atoms with Crippen molar-refractivity contribution >= 4 is 19.4 Å². The molecule has 0 bridgehead atoms. The van der Waals surface area contributed by atoms with Crippen molar-refractivity contribution in [1.29, 1.82) is 0 Å². The smallest absolute Gasteiger partial charge is 0.338 e. The highest BCUT2D eigenvalue weighted by molar-refractivity contribution is 6.92. The number of aromatic nitrogens is 1. The van der Waals surface area contributed by atoms with Crippen molar-refractivity contribution in [3.8, 4) is 11.3 Å². The number of rotatable bonds is 4. The van der Waals surface area contributed by atoms with E-state index in [1.165, 1.54) is 0 Å². The molecule has 0 N–H and O–H groups in total. The van der Waals surface area contributed by atoms with Gasteiger partial charge in [-0.15, -0.1) is 0 Å². The van der Waals surface area contributed by atoms with E-state index in [-0.39, 0.29) is 11.0 Å². The number of pyridine rings is 1. The van der Waals surface area contributed by atoms with E-state index in [0.29, 0.717) is 12.2 Å². The summed E-state index contributed by atoms with van der Waals surface area (Å²) in [7, 11) is -1.84. The molecule has 2 aromatic rings. The van der Waals surface area contributed by atoms with Crippen molar-refractivity contribution in [1.82, 2.24) is 4.98 Å². The van der Waals surface area contributed by atoms with Gasteiger partial charge in [-0.3, -0.25) is 4.98 Å². The predicted molar refractivity (Wildman–Crippen MR) is 94.7 cm³/mol. The van der Waals surface area contributed by atoms with Gasteiger partial charge >= 0.3 is 5.97 Å². The summed E-state index contributed by atoms with van der Waals surface area (Å²) in [6.07, 6.45) is 3.36. The third-order valence-corrected chi connectivity index (χ3v) is 9.93. The van der Waals surface area contributed by atoms with Gasteiger partial charge in [-0.25, -0.2) is 4.79 Å². The van der Waals surface area contributed by atoms with E-state index in [0.717, 1.165) is 16.6 Å². The van der Waals surface area contributed by atoms with Crippen LogP contribution in [0.15, 0.2) is 35.1 Å². The van der Waals surface area contributed by atoms with Gasteiger partial charge in [-0.1, -0.05) is 33.9 Å².